The van der Waals surface area contributed by atoms with Gasteiger partial charge in [0.15, 0.2) is 6.29 Å². The van der Waals surface area contributed by atoms with E-state index in [0.717, 1.165) is 11.1 Å². The predicted octanol–water partition coefficient (Wildman–Crippen LogP) is 2.73. The van der Waals surface area contributed by atoms with Gasteiger partial charge < -0.3 is 23.8 Å². The number of Topliss-reactive ketones (excluding diaryl/α,β-unsaturated/α-hetero) is 1. The second-order valence-electron chi connectivity index (χ2n) is 7.47. The van der Waals surface area contributed by atoms with Crippen LogP contribution >= 0.6 is 0 Å². The van der Waals surface area contributed by atoms with E-state index >= 15 is 0 Å². The molecular formula is C23H25NO6. The minimum atomic E-state index is -0.711. The second kappa shape index (κ2) is 8.45. The number of nitrogens with zero attached hydrogens (tertiary/aromatic N) is 1. The smallest absolute Gasteiger partial charge is 0.236 e. The molecular weight excluding hydrogens is 386 g/mol. The number of hydrogen-bond acceptors (Lipinski definition) is 6. The maximum absolute atomic E-state index is 12.8. The van der Waals surface area contributed by atoms with Gasteiger partial charge in [0.25, 0.3) is 0 Å². The van der Waals surface area contributed by atoms with Crippen LogP contribution in [0.4, 0.5) is 0 Å². The Morgan fingerprint density at radius 2 is 1.90 bits per heavy atom. The summed E-state index contributed by atoms with van der Waals surface area (Å²) in [5.41, 5.74) is 1.74. The van der Waals surface area contributed by atoms with E-state index in [2.05, 4.69) is 0 Å². The van der Waals surface area contributed by atoms with Crippen molar-refractivity contribution >= 4 is 11.7 Å². The average Bonchev–Trinajstić information content (AvgIpc) is 3.25. The van der Waals surface area contributed by atoms with Crippen LogP contribution in [0.2, 0.25) is 0 Å². The molecule has 158 valence electrons. The molecule has 0 unspecified atom stereocenters. The Kier molecular flexibility index (Phi) is 5.74. The van der Waals surface area contributed by atoms with Crippen molar-refractivity contribution in [1.82, 2.24) is 4.90 Å². The first-order valence-electron chi connectivity index (χ1n) is 9.87. The van der Waals surface area contributed by atoms with E-state index in [0.29, 0.717) is 24.7 Å². The molecule has 2 aromatic carbocycles. The number of carbonyl (C=O) groups is 2. The summed E-state index contributed by atoms with van der Waals surface area (Å²) in [6.45, 7) is 2.08. The van der Waals surface area contributed by atoms with Gasteiger partial charge in [-0.2, -0.15) is 0 Å². The van der Waals surface area contributed by atoms with Crippen molar-refractivity contribution in [1.29, 1.82) is 0 Å². The third kappa shape index (κ3) is 3.66. The highest BCUT2D eigenvalue weighted by Crippen LogP contribution is 2.39. The van der Waals surface area contributed by atoms with Gasteiger partial charge in [-0.3, -0.25) is 9.59 Å². The molecule has 4 rings (SSSR count). The van der Waals surface area contributed by atoms with E-state index < -0.39 is 12.2 Å². The van der Waals surface area contributed by atoms with Crippen molar-refractivity contribution in [2.75, 3.05) is 20.8 Å². The van der Waals surface area contributed by atoms with Crippen molar-refractivity contribution < 1.29 is 28.5 Å². The summed E-state index contributed by atoms with van der Waals surface area (Å²) in [6, 6.07) is 14.7. The fraction of sp³-hybridized carbons (Fsp3) is 0.391. The monoisotopic (exact) mass is 411 g/mol. The minimum Gasteiger partial charge on any atom is -0.497 e. The Hall–Kier alpha value is -2.90. The maximum Gasteiger partial charge on any atom is 0.236 e. The SMILES string of the molecule is COc1ccc(CN2C(=O)[C@H](C(C)=O)[C@H]2[C@H]2CO[C@H](c3ccccc3)O2)c(OC)c1. The number of amides is 1. The Labute approximate surface area is 175 Å². The molecule has 2 heterocycles. The van der Waals surface area contributed by atoms with Crippen molar-refractivity contribution in [3.63, 3.8) is 0 Å². The third-order valence-electron chi connectivity index (χ3n) is 5.69. The fourth-order valence-electron chi connectivity index (χ4n) is 4.13. The third-order valence-corrected chi connectivity index (χ3v) is 5.69. The molecule has 4 atom stereocenters. The zero-order valence-electron chi connectivity index (χ0n) is 17.2. The lowest BCUT2D eigenvalue weighted by Gasteiger charge is -2.48. The maximum atomic E-state index is 12.8. The summed E-state index contributed by atoms with van der Waals surface area (Å²) in [7, 11) is 3.16. The molecule has 0 N–H and O–H groups in total. The van der Waals surface area contributed by atoms with Crippen LogP contribution in [0.25, 0.3) is 0 Å². The number of β-lactam (4-membered cyclic amide) rings is 1. The van der Waals surface area contributed by atoms with Crippen LogP contribution in [0.15, 0.2) is 48.5 Å². The van der Waals surface area contributed by atoms with Gasteiger partial charge in [0.2, 0.25) is 5.91 Å². The van der Waals surface area contributed by atoms with Crippen LogP contribution in [0.5, 0.6) is 11.5 Å². The summed E-state index contributed by atoms with van der Waals surface area (Å²) in [5, 5.41) is 0. The number of methoxy groups -OCH3 is 2. The lowest BCUT2D eigenvalue weighted by molar-refractivity contribution is -0.172. The number of likely N-dealkylation sites (tertiary alicyclic amines) is 1. The topological polar surface area (TPSA) is 74.3 Å². The van der Waals surface area contributed by atoms with Gasteiger partial charge >= 0.3 is 0 Å². The van der Waals surface area contributed by atoms with Gasteiger partial charge in [-0.05, 0) is 19.1 Å². The van der Waals surface area contributed by atoms with E-state index in [-0.39, 0.29) is 23.8 Å². The van der Waals surface area contributed by atoms with E-state index in [9.17, 15) is 9.59 Å². The van der Waals surface area contributed by atoms with Crippen molar-refractivity contribution in [3.05, 3.63) is 59.7 Å². The van der Waals surface area contributed by atoms with Crippen LogP contribution in [0.3, 0.4) is 0 Å². The van der Waals surface area contributed by atoms with Crippen molar-refractivity contribution in [2.24, 2.45) is 5.92 Å². The van der Waals surface area contributed by atoms with Crippen LogP contribution in [-0.4, -0.2) is 49.6 Å². The van der Waals surface area contributed by atoms with Crippen LogP contribution in [0, 0.1) is 5.92 Å². The molecule has 7 nitrogen and oxygen atoms in total. The van der Waals surface area contributed by atoms with E-state index in [4.69, 9.17) is 18.9 Å². The van der Waals surface area contributed by atoms with Crippen LogP contribution in [-0.2, 0) is 25.6 Å². The van der Waals surface area contributed by atoms with E-state index in [1.807, 2.05) is 42.5 Å². The zero-order valence-corrected chi connectivity index (χ0v) is 17.2. The summed E-state index contributed by atoms with van der Waals surface area (Å²) < 4.78 is 22.7. The first-order valence-corrected chi connectivity index (χ1v) is 9.87. The van der Waals surface area contributed by atoms with Gasteiger partial charge in [0, 0.05) is 23.7 Å². The molecule has 2 aliphatic heterocycles. The largest absolute Gasteiger partial charge is 0.497 e. The first-order chi connectivity index (χ1) is 14.5. The van der Waals surface area contributed by atoms with Crippen LogP contribution < -0.4 is 9.47 Å². The summed E-state index contributed by atoms with van der Waals surface area (Å²) in [5.74, 6) is 0.226. The molecule has 2 aliphatic rings. The number of ether oxygens (including phenoxy) is 4. The summed E-state index contributed by atoms with van der Waals surface area (Å²) >= 11 is 0. The van der Waals surface area contributed by atoms with Gasteiger partial charge in [0.1, 0.15) is 29.3 Å². The number of ketones is 1. The normalized spacial score (nSPS) is 25.7. The molecule has 0 aliphatic carbocycles. The predicted molar refractivity (Wildman–Crippen MR) is 108 cm³/mol. The first kappa shape index (κ1) is 20.4. The molecule has 0 saturated carbocycles. The highest BCUT2D eigenvalue weighted by Gasteiger charge is 2.55. The molecule has 2 saturated heterocycles. The van der Waals surface area contributed by atoms with E-state index in [1.165, 1.54) is 6.92 Å². The van der Waals surface area contributed by atoms with Gasteiger partial charge in [0.05, 0.1) is 26.9 Å². The molecule has 2 aromatic rings. The second-order valence-corrected chi connectivity index (χ2v) is 7.47. The molecule has 1 amide bonds. The Morgan fingerprint density at radius 3 is 2.57 bits per heavy atom. The van der Waals surface area contributed by atoms with Crippen molar-refractivity contribution in [3.8, 4) is 11.5 Å². The molecule has 30 heavy (non-hydrogen) atoms. The molecule has 0 bridgehead atoms. The molecule has 0 radical (unpaired) electrons. The lowest BCUT2D eigenvalue weighted by Crippen LogP contribution is -2.67. The fourth-order valence-corrected chi connectivity index (χ4v) is 4.13. The van der Waals surface area contributed by atoms with Crippen LogP contribution in [0.1, 0.15) is 24.3 Å². The van der Waals surface area contributed by atoms with E-state index in [1.54, 1.807) is 25.2 Å². The minimum absolute atomic E-state index is 0.158. The lowest BCUT2D eigenvalue weighted by atomic mass is 9.80. The molecule has 7 heteroatoms. The standard InChI is InChI=1S/C23H25NO6/c1-14(25)20-21(19-13-29-23(30-19)15-7-5-4-6-8-15)24(22(20)26)12-16-9-10-17(27-2)11-18(16)28-3/h4-11,19-21,23H,12-13H2,1-3H3/t19-,20-,21-,23+/m1/s1. The number of hydrogen-bond donors (Lipinski definition) is 0. The Balaban J connectivity index is 1.54. The van der Waals surface area contributed by atoms with Gasteiger partial charge in [-0.15, -0.1) is 0 Å². The summed E-state index contributed by atoms with van der Waals surface area (Å²) in [4.78, 5) is 26.6. The van der Waals surface area contributed by atoms with Gasteiger partial charge in [-0.25, -0.2) is 0 Å². The molecule has 0 aromatic heterocycles. The quantitative estimate of drug-likeness (QED) is 0.515. The zero-order chi connectivity index (χ0) is 21.3. The summed E-state index contributed by atoms with van der Waals surface area (Å²) in [6.07, 6.45) is -0.886. The highest BCUT2D eigenvalue weighted by molar-refractivity contribution is 6.05. The number of benzene rings is 2. The Bertz CT molecular complexity index is 931. The number of rotatable bonds is 7. The highest BCUT2D eigenvalue weighted by atomic mass is 16.7. The molecule has 0 spiro atoms. The molecule has 2 fully saturated rings. The Morgan fingerprint density at radius 1 is 1.13 bits per heavy atom. The van der Waals surface area contributed by atoms with Gasteiger partial charge in [-0.1, -0.05) is 30.3 Å². The average molecular weight is 411 g/mol. The number of carbonyl (C=O) groups excluding carboxylic acids is 2. The van der Waals surface area contributed by atoms with Crippen molar-refractivity contribution in [2.45, 2.75) is 31.9 Å².